The van der Waals surface area contributed by atoms with Crippen LogP contribution in [0.5, 0.6) is 0 Å². The summed E-state index contributed by atoms with van der Waals surface area (Å²) in [5, 5.41) is 11.1. The number of rotatable bonds is 2. The molecule has 1 fully saturated rings. The quantitative estimate of drug-likeness (QED) is 0.690. The van der Waals surface area contributed by atoms with Gasteiger partial charge in [0.1, 0.15) is 5.69 Å². The van der Waals surface area contributed by atoms with Gasteiger partial charge in [0.2, 0.25) is 0 Å². The van der Waals surface area contributed by atoms with Crippen LogP contribution in [0, 0.1) is 5.41 Å². The van der Waals surface area contributed by atoms with E-state index in [2.05, 4.69) is 10.3 Å². The third kappa shape index (κ3) is 2.23. The fourth-order valence-electron chi connectivity index (χ4n) is 2.51. The molecule has 0 spiro atoms. The van der Waals surface area contributed by atoms with Crippen LogP contribution in [0.1, 0.15) is 26.8 Å². The number of allylic oxidation sites excluding steroid dienone is 1. The Hall–Kier alpha value is -1.73. The first kappa shape index (κ1) is 13.3. The molecule has 0 aromatic carbocycles. The van der Waals surface area contributed by atoms with Crippen LogP contribution in [0.3, 0.4) is 0 Å². The van der Waals surface area contributed by atoms with Crippen LogP contribution in [0.15, 0.2) is 5.57 Å². The molecule has 0 unspecified atom stereocenters. The standard InChI is InChI=1S/C13H17N5OS/c14-7-8-1-2-9-11(10(8)15)17-12(20-9)13(19)18-5-3-16-4-6-18/h7,14,16H,1-6,15H2. The highest BCUT2D eigenvalue weighted by molar-refractivity contribution is 7.13. The summed E-state index contributed by atoms with van der Waals surface area (Å²) < 4.78 is 0. The Kier molecular flexibility index (Phi) is 3.54. The number of nitrogens with two attached hydrogens (primary N) is 1. The zero-order chi connectivity index (χ0) is 14.1. The molecule has 1 aromatic heterocycles. The fourth-order valence-corrected chi connectivity index (χ4v) is 3.55. The van der Waals surface area contributed by atoms with Gasteiger partial charge in [-0.15, -0.1) is 11.3 Å². The predicted octanol–water partition coefficient (Wildman–Crippen LogP) is 0.454. The summed E-state index contributed by atoms with van der Waals surface area (Å²) in [6.45, 7) is 3.11. The second-order valence-corrected chi connectivity index (χ2v) is 6.00. The van der Waals surface area contributed by atoms with Gasteiger partial charge >= 0.3 is 0 Å². The first-order chi connectivity index (χ1) is 9.70. The summed E-state index contributed by atoms with van der Waals surface area (Å²) in [5.74, 6) is -0.00453. The van der Waals surface area contributed by atoms with Crippen LogP contribution in [-0.2, 0) is 6.42 Å². The summed E-state index contributed by atoms with van der Waals surface area (Å²) in [5.41, 5.74) is 8.10. The van der Waals surface area contributed by atoms with E-state index in [-0.39, 0.29) is 5.91 Å². The van der Waals surface area contributed by atoms with E-state index in [0.717, 1.165) is 49.5 Å². The number of amides is 1. The first-order valence-electron chi connectivity index (χ1n) is 6.70. The van der Waals surface area contributed by atoms with Gasteiger partial charge in [-0.05, 0) is 18.4 Å². The lowest BCUT2D eigenvalue weighted by molar-refractivity contribution is 0.0735. The molecular formula is C13H17N5OS. The highest BCUT2D eigenvalue weighted by Gasteiger charge is 2.26. The summed E-state index contributed by atoms with van der Waals surface area (Å²) in [6, 6.07) is 0. The van der Waals surface area contributed by atoms with Crippen LogP contribution < -0.4 is 11.1 Å². The number of aromatic nitrogens is 1. The van der Waals surface area contributed by atoms with Gasteiger partial charge in [0.05, 0.1) is 5.70 Å². The van der Waals surface area contributed by atoms with Crippen molar-refractivity contribution in [3.8, 4) is 0 Å². The maximum Gasteiger partial charge on any atom is 0.282 e. The van der Waals surface area contributed by atoms with Crippen molar-refractivity contribution in [1.29, 1.82) is 5.41 Å². The lowest BCUT2D eigenvalue weighted by Crippen LogP contribution is -2.46. The van der Waals surface area contributed by atoms with Crippen molar-refractivity contribution in [3.05, 3.63) is 21.2 Å². The number of carbonyl (C=O) groups excluding carboxylic acids is 1. The van der Waals surface area contributed by atoms with Crippen molar-refractivity contribution < 1.29 is 4.79 Å². The summed E-state index contributed by atoms with van der Waals surface area (Å²) in [4.78, 5) is 19.7. The Morgan fingerprint density at radius 2 is 2.15 bits per heavy atom. The van der Waals surface area contributed by atoms with Gasteiger partial charge in [-0.1, -0.05) is 0 Å². The van der Waals surface area contributed by atoms with Crippen LogP contribution in [0.4, 0.5) is 0 Å². The number of hydrogen-bond acceptors (Lipinski definition) is 6. The van der Waals surface area contributed by atoms with Gasteiger partial charge < -0.3 is 21.4 Å². The van der Waals surface area contributed by atoms with E-state index < -0.39 is 0 Å². The molecule has 6 nitrogen and oxygen atoms in total. The molecule has 106 valence electrons. The summed E-state index contributed by atoms with van der Waals surface area (Å²) >= 11 is 1.44. The van der Waals surface area contributed by atoms with E-state index in [1.807, 2.05) is 4.90 Å². The number of nitrogens with zero attached hydrogens (tertiary/aromatic N) is 2. The molecule has 1 aliphatic carbocycles. The molecule has 1 amide bonds. The summed E-state index contributed by atoms with van der Waals surface area (Å²) in [7, 11) is 0. The lowest BCUT2D eigenvalue weighted by Gasteiger charge is -2.26. The molecule has 2 aliphatic rings. The third-order valence-electron chi connectivity index (χ3n) is 3.68. The molecule has 0 saturated carbocycles. The van der Waals surface area contributed by atoms with Crippen LogP contribution in [-0.4, -0.2) is 48.2 Å². The molecule has 1 aromatic rings. The number of thiazole rings is 1. The van der Waals surface area contributed by atoms with Crippen molar-refractivity contribution >= 4 is 29.2 Å². The van der Waals surface area contributed by atoms with E-state index in [9.17, 15) is 4.79 Å². The number of piperazine rings is 1. The molecule has 1 aliphatic heterocycles. The molecule has 0 radical (unpaired) electrons. The van der Waals surface area contributed by atoms with Gasteiger partial charge in [-0.2, -0.15) is 0 Å². The minimum absolute atomic E-state index is 0.00453. The second kappa shape index (κ2) is 5.34. The predicted molar refractivity (Wildman–Crippen MR) is 79.1 cm³/mol. The Labute approximate surface area is 121 Å². The molecule has 0 atom stereocenters. The fraction of sp³-hybridized carbons (Fsp3) is 0.462. The Morgan fingerprint density at radius 1 is 1.40 bits per heavy atom. The minimum atomic E-state index is -0.00453. The summed E-state index contributed by atoms with van der Waals surface area (Å²) in [6.07, 6.45) is 2.86. The molecular weight excluding hydrogens is 274 g/mol. The normalized spacial score (nSPS) is 18.9. The largest absolute Gasteiger partial charge is 0.397 e. The monoisotopic (exact) mass is 291 g/mol. The second-order valence-electron chi connectivity index (χ2n) is 4.92. The van der Waals surface area contributed by atoms with Gasteiger partial charge in [-0.25, -0.2) is 4.98 Å². The number of carbonyl (C=O) groups is 1. The number of aryl methyl sites for hydroxylation is 1. The number of hydrogen-bond donors (Lipinski definition) is 3. The average Bonchev–Trinajstić information content (AvgIpc) is 2.93. The smallest absolute Gasteiger partial charge is 0.282 e. The molecule has 2 heterocycles. The van der Waals surface area contributed by atoms with E-state index in [1.54, 1.807) is 0 Å². The molecule has 1 saturated heterocycles. The molecule has 20 heavy (non-hydrogen) atoms. The topological polar surface area (TPSA) is 95.1 Å². The van der Waals surface area contributed by atoms with E-state index in [0.29, 0.717) is 16.4 Å². The number of nitrogens with one attached hydrogen (secondary N) is 2. The van der Waals surface area contributed by atoms with Crippen molar-refractivity contribution in [1.82, 2.24) is 15.2 Å². The minimum Gasteiger partial charge on any atom is -0.397 e. The lowest BCUT2D eigenvalue weighted by atomic mass is 10.00. The molecule has 0 bridgehead atoms. The van der Waals surface area contributed by atoms with E-state index in [1.165, 1.54) is 17.6 Å². The van der Waals surface area contributed by atoms with Crippen molar-refractivity contribution in [2.24, 2.45) is 5.73 Å². The first-order valence-corrected chi connectivity index (χ1v) is 7.51. The molecule has 7 heteroatoms. The zero-order valence-electron chi connectivity index (χ0n) is 11.1. The van der Waals surface area contributed by atoms with Crippen molar-refractivity contribution in [2.45, 2.75) is 12.8 Å². The van der Waals surface area contributed by atoms with Crippen LogP contribution >= 0.6 is 11.3 Å². The average molecular weight is 291 g/mol. The maximum absolute atomic E-state index is 12.4. The van der Waals surface area contributed by atoms with Gasteiger partial charge in [-0.3, -0.25) is 4.79 Å². The Bertz CT molecular complexity index is 586. The highest BCUT2D eigenvalue weighted by Crippen LogP contribution is 2.31. The van der Waals surface area contributed by atoms with Gasteiger partial charge in [0, 0.05) is 37.3 Å². The Balaban J connectivity index is 1.88. The SMILES string of the molecule is N=CC1=C(N)c2nc(C(=O)N3CCNCC3)sc2CC1. The third-order valence-corrected chi connectivity index (χ3v) is 4.78. The van der Waals surface area contributed by atoms with E-state index in [4.69, 9.17) is 11.1 Å². The van der Waals surface area contributed by atoms with Crippen molar-refractivity contribution in [3.63, 3.8) is 0 Å². The Morgan fingerprint density at radius 3 is 2.85 bits per heavy atom. The molecule has 3 rings (SSSR count). The van der Waals surface area contributed by atoms with Crippen molar-refractivity contribution in [2.75, 3.05) is 26.2 Å². The van der Waals surface area contributed by atoms with Gasteiger partial charge in [0.15, 0.2) is 5.01 Å². The van der Waals surface area contributed by atoms with Gasteiger partial charge in [0.25, 0.3) is 5.91 Å². The molecule has 4 N–H and O–H groups in total. The maximum atomic E-state index is 12.4. The van der Waals surface area contributed by atoms with Crippen LogP contribution in [0.2, 0.25) is 0 Å². The number of fused-ring (bicyclic) bond motifs is 1. The van der Waals surface area contributed by atoms with E-state index >= 15 is 0 Å². The zero-order valence-corrected chi connectivity index (χ0v) is 11.9. The van der Waals surface area contributed by atoms with Crippen LogP contribution in [0.25, 0.3) is 5.70 Å². The highest BCUT2D eigenvalue weighted by atomic mass is 32.1.